The number of aryl methyl sites for hydroxylation is 1. The zero-order valence-electron chi connectivity index (χ0n) is 11.8. The first-order chi connectivity index (χ1) is 9.60. The van der Waals surface area contributed by atoms with Crippen LogP contribution in [0.5, 0.6) is 5.75 Å². The molecule has 0 saturated carbocycles. The Morgan fingerprint density at radius 3 is 2.65 bits per heavy atom. The summed E-state index contributed by atoms with van der Waals surface area (Å²) in [4.78, 5) is 12.0. The molecule has 5 heteroatoms. The minimum absolute atomic E-state index is 0.210. The first kappa shape index (κ1) is 14.0. The Hall–Kier alpha value is -2.43. The van der Waals surface area contributed by atoms with E-state index in [1.54, 1.807) is 19.2 Å². The number of hydrogen-bond donors (Lipinski definition) is 2. The van der Waals surface area contributed by atoms with Crippen LogP contribution < -0.4 is 15.4 Å². The molecule has 20 heavy (non-hydrogen) atoms. The van der Waals surface area contributed by atoms with Gasteiger partial charge >= 0.3 is 6.03 Å². The summed E-state index contributed by atoms with van der Waals surface area (Å²) < 4.78 is 10.7. The summed E-state index contributed by atoms with van der Waals surface area (Å²) in [5.74, 6) is 2.15. The molecular weight excluding hydrogens is 256 g/mol. The number of carbonyl (C=O) groups is 1. The van der Waals surface area contributed by atoms with Crippen LogP contribution in [0, 0.1) is 6.92 Å². The fourth-order valence-electron chi connectivity index (χ4n) is 1.86. The van der Waals surface area contributed by atoms with Crippen LogP contribution in [0.25, 0.3) is 0 Å². The average molecular weight is 274 g/mol. The van der Waals surface area contributed by atoms with Crippen LogP contribution in [0.2, 0.25) is 0 Å². The molecule has 106 valence electrons. The standard InChI is InChI=1S/C15H18N2O3/c1-10-8-9-13(20-10)11(2)16-15(18)17-12-6-4-5-7-14(12)19-3/h4-9,11H,1-3H3,(H2,16,17,18)/t11-/m0/s1. The van der Waals surface area contributed by atoms with E-state index in [-0.39, 0.29) is 12.1 Å². The Bertz CT molecular complexity index is 592. The van der Waals surface area contributed by atoms with Crippen molar-refractivity contribution in [2.75, 3.05) is 12.4 Å². The fraction of sp³-hybridized carbons (Fsp3) is 0.267. The summed E-state index contributed by atoms with van der Waals surface area (Å²) in [6.45, 7) is 3.73. The lowest BCUT2D eigenvalue weighted by Gasteiger charge is -2.14. The van der Waals surface area contributed by atoms with E-state index in [0.29, 0.717) is 11.4 Å². The van der Waals surface area contributed by atoms with E-state index >= 15 is 0 Å². The Morgan fingerprint density at radius 2 is 2.00 bits per heavy atom. The molecule has 0 bridgehead atoms. The summed E-state index contributed by atoms with van der Waals surface area (Å²) in [5.41, 5.74) is 0.621. The number of anilines is 1. The maximum Gasteiger partial charge on any atom is 0.319 e. The number of nitrogens with one attached hydrogen (secondary N) is 2. The SMILES string of the molecule is COc1ccccc1NC(=O)N[C@@H](C)c1ccc(C)o1. The van der Waals surface area contributed by atoms with E-state index in [2.05, 4.69) is 10.6 Å². The molecule has 2 rings (SSSR count). The molecule has 1 aromatic heterocycles. The van der Waals surface area contributed by atoms with Crippen molar-refractivity contribution in [2.45, 2.75) is 19.9 Å². The summed E-state index contributed by atoms with van der Waals surface area (Å²) in [6, 6.07) is 10.4. The molecule has 1 aromatic carbocycles. The molecular formula is C15H18N2O3. The normalized spacial score (nSPS) is 11.8. The van der Waals surface area contributed by atoms with Gasteiger partial charge in [0.25, 0.3) is 0 Å². The number of urea groups is 1. The second-order valence-electron chi connectivity index (χ2n) is 4.47. The fourth-order valence-corrected chi connectivity index (χ4v) is 1.86. The predicted octanol–water partition coefficient (Wildman–Crippen LogP) is 3.48. The number of methoxy groups -OCH3 is 1. The number of rotatable bonds is 4. The zero-order chi connectivity index (χ0) is 14.5. The molecule has 5 nitrogen and oxygen atoms in total. The number of amides is 2. The van der Waals surface area contributed by atoms with Crippen LogP contribution >= 0.6 is 0 Å². The molecule has 0 radical (unpaired) electrons. The number of carbonyl (C=O) groups excluding carboxylic acids is 1. The smallest absolute Gasteiger partial charge is 0.319 e. The summed E-state index contributed by atoms with van der Waals surface area (Å²) in [5, 5.41) is 5.56. The topological polar surface area (TPSA) is 63.5 Å². The van der Waals surface area contributed by atoms with Crippen LogP contribution in [0.4, 0.5) is 10.5 Å². The van der Waals surface area contributed by atoms with E-state index in [4.69, 9.17) is 9.15 Å². The molecule has 1 atom stereocenters. The highest BCUT2D eigenvalue weighted by atomic mass is 16.5. The minimum Gasteiger partial charge on any atom is -0.495 e. The number of ether oxygens (including phenoxy) is 1. The van der Waals surface area contributed by atoms with Crippen LogP contribution in [0.15, 0.2) is 40.8 Å². The van der Waals surface area contributed by atoms with Crippen molar-refractivity contribution in [3.05, 3.63) is 47.9 Å². The first-order valence-corrected chi connectivity index (χ1v) is 6.37. The number of hydrogen-bond acceptors (Lipinski definition) is 3. The highest BCUT2D eigenvalue weighted by Gasteiger charge is 2.13. The molecule has 0 aliphatic rings. The van der Waals surface area contributed by atoms with E-state index in [1.165, 1.54) is 0 Å². The van der Waals surface area contributed by atoms with Crippen molar-refractivity contribution in [3.63, 3.8) is 0 Å². The van der Waals surface area contributed by atoms with Gasteiger partial charge in [0.15, 0.2) is 0 Å². The van der Waals surface area contributed by atoms with Crippen molar-refractivity contribution in [1.82, 2.24) is 5.32 Å². The summed E-state index contributed by atoms with van der Waals surface area (Å²) >= 11 is 0. The summed E-state index contributed by atoms with van der Waals surface area (Å²) in [7, 11) is 1.56. The van der Waals surface area contributed by atoms with E-state index < -0.39 is 0 Å². The molecule has 0 spiro atoms. The van der Waals surface area contributed by atoms with Crippen LogP contribution in [-0.2, 0) is 0 Å². The Kier molecular flexibility index (Phi) is 4.30. The molecule has 0 unspecified atom stereocenters. The van der Waals surface area contributed by atoms with Gasteiger partial charge in [-0.2, -0.15) is 0 Å². The lowest BCUT2D eigenvalue weighted by atomic mass is 10.2. The van der Waals surface area contributed by atoms with Crippen molar-refractivity contribution >= 4 is 11.7 Å². The van der Waals surface area contributed by atoms with Gasteiger partial charge in [0.1, 0.15) is 17.3 Å². The van der Waals surface area contributed by atoms with Crippen molar-refractivity contribution in [1.29, 1.82) is 0 Å². The molecule has 2 N–H and O–H groups in total. The molecule has 1 heterocycles. The van der Waals surface area contributed by atoms with Gasteiger partial charge in [0.05, 0.1) is 18.8 Å². The first-order valence-electron chi connectivity index (χ1n) is 6.37. The number of benzene rings is 1. The lowest BCUT2D eigenvalue weighted by molar-refractivity contribution is 0.247. The monoisotopic (exact) mass is 274 g/mol. The predicted molar refractivity (Wildman–Crippen MR) is 77.0 cm³/mol. The van der Waals surface area contributed by atoms with Gasteiger partial charge < -0.3 is 19.8 Å². The Morgan fingerprint density at radius 1 is 1.25 bits per heavy atom. The lowest BCUT2D eigenvalue weighted by Crippen LogP contribution is -2.31. The van der Waals surface area contributed by atoms with E-state index in [0.717, 1.165) is 11.5 Å². The van der Waals surface area contributed by atoms with Gasteiger partial charge in [0, 0.05) is 0 Å². The van der Waals surface area contributed by atoms with Gasteiger partial charge in [0.2, 0.25) is 0 Å². The van der Waals surface area contributed by atoms with Crippen molar-refractivity contribution in [3.8, 4) is 5.75 Å². The third kappa shape index (κ3) is 3.32. The van der Waals surface area contributed by atoms with Crippen LogP contribution in [0.1, 0.15) is 24.5 Å². The van der Waals surface area contributed by atoms with Gasteiger partial charge in [-0.25, -0.2) is 4.79 Å². The Balaban J connectivity index is 1.98. The average Bonchev–Trinajstić information content (AvgIpc) is 2.86. The number of furan rings is 1. The highest BCUT2D eigenvalue weighted by molar-refractivity contribution is 5.91. The van der Waals surface area contributed by atoms with E-state index in [9.17, 15) is 4.79 Å². The van der Waals surface area contributed by atoms with Crippen LogP contribution in [-0.4, -0.2) is 13.1 Å². The van der Waals surface area contributed by atoms with Gasteiger partial charge in [-0.3, -0.25) is 0 Å². The third-order valence-electron chi connectivity index (χ3n) is 2.89. The maximum atomic E-state index is 12.0. The second-order valence-corrected chi connectivity index (χ2v) is 4.47. The zero-order valence-corrected chi connectivity index (χ0v) is 11.8. The van der Waals surface area contributed by atoms with Gasteiger partial charge in [-0.15, -0.1) is 0 Å². The van der Waals surface area contributed by atoms with E-state index in [1.807, 2.05) is 38.1 Å². The van der Waals surface area contributed by atoms with Crippen molar-refractivity contribution in [2.24, 2.45) is 0 Å². The molecule has 2 aromatic rings. The quantitative estimate of drug-likeness (QED) is 0.897. The second kappa shape index (κ2) is 6.14. The third-order valence-corrected chi connectivity index (χ3v) is 2.89. The molecule has 2 amide bonds. The summed E-state index contributed by atoms with van der Waals surface area (Å²) in [6.07, 6.45) is 0. The largest absolute Gasteiger partial charge is 0.495 e. The molecule has 0 aliphatic heterocycles. The highest BCUT2D eigenvalue weighted by Crippen LogP contribution is 2.23. The molecule has 0 saturated heterocycles. The number of para-hydroxylation sites is 2. The van der Waals surface area contributed by atoms with Gasteiger partial charge in [-0.1, -0.05) is 12.1 Å². The maximum absolute atomic E-state index is 12.0. The minimum atomic E-state index is -0.309. The van der Waals surface area contributed by atoms with Crippen LogP contribution in [0.3, 0.4) is 0 Å². The molecule has 0 aliphatic carbocycles. The Labute approximate surface area is 117 Å². The molecule has 0 fully saturated rings. The van der Waals surface area contributed by atoms with Crippen molar-refractivity contribution < 1.29 is 13.9 Å². The van der Waals surface area contributed by atoms with Gasteiger partial charge in [-0.05, 0) is 38.1 Å².